The molecule has 0 fully saturated rings. The molecule has 2 rings (SSSR count). The maximum Gasteiger partial charge on any atom is 0.303 e. The van der Waals surface area contributed by atoms with E-state index in [0.29, 0.717) is 24.6 Å². The molecule has 2 aromatic rings. The molecule has 1 heterocycles. The fourth-order valence-electron chi connectivity index (χ4n) is 1.89. The Bertz CT molecular complexity index is 537. The summed E-state index contributed by atoms with van der Waals surface area (Å²) in [5, 5.41) is 12.6. The number of carboxylic acids is 1. The van der Waals surface area contributed by atoms with E-state index in [-0.39, 0.29) is 12.3 Å². The molecule has 1 atom stereocenters. The Morgan fingerprint density at radius 2 is 2.11 bits per heavy atom. The van der Waals surface area contributed by atoms with E-state index in [1.54, 1.807) is 0 Å². The van der Waals surface area contributed by atoms with Crippen LogP contribution in [0.3, 0.4) is 0 Å². The molecule has 0 saturated heterocycles. The van der Waals surface area contributed by atoms with Gasteiger partial charge in [0.05, 0.1) is 0 Å². The van der Waals surface area contributed by atoms with Crippen LogP contribution in [0.15, 0.2) is 34.9 Å². The van der Waals surface area contributed by atoms with Crippen LogP contribution in [0.1, 0.15) is 30.6 Å². The summed E-state index contributed by atoms with van der Waals surface area (Å²) in [7, 11) is 0. The largest absolute Gasteiger partial charge is 0.481 e. The first-order chi connectivity index (χ1) is 9.13. The zero-order chi connectivity index (χ0) is 13.7. The Morgan fingerprint density at radius 3 is 2.79 bits per heavy atom. The van der Waals surface area contributed by atoms with Gasteiger partial charge in [-0.1, -0.05) is 42.4 Å². The second-order valence-electron chi connectivity index (χ2n) is 4.67. The molecule has 0 amide bonds. The van der Waals surface area contributed by atoms with Gasteiger partial charge in [0.25, 0.3) is 0 Å². The van der Waals surface area contributed by atoms with Crippen molar-refractivity contribution in [3.63, 3.8) is 0 Å². The van der Waals surface area contributed by atoms with E-state index in [0.717, 1.165) is 5.56 Å². The second-order valence-corrected chi connectivity index (χ2v) is 4.67. The third-order valence-electron chi connectivity index (χ3n) is 2.76. The monoisotopic (exact) mass is 260 g/mol. The van der Waals surface area contributed by atoms with E-state index in [4.69, 9.17) is 9.63 Å². The van der Waals surface area contributed by atoms with E-state index >= 15 is 0 Å². The van der Waals surface area contributed by atoms with Gasteiger partial charge in [-0.2, -0.15) is 4.98 Å². The molecule has 5 heteroatoms. The summed E-state index contributed by atoms with van der Waals surface area (Å²) in [5.74, 6) is 0.308. The Morgan fingerprint density at radius 1 is 1.37 bits per heavy atom. The van der Waals surface area contributed by atoms with Crippen LogP contribution in [0.25, 0.3) is 0 Å². The highest BCUT2D eigenvalue weighted by Gasteiger charge is 2.13. The highest BCUT2D eigenvalue weighted by atomic mass is 16.5. The van der Waals surface area contributed by atoms with E-state index in [9.17, 15) is 4.79 Å². The van der Waals surface area contributed by atoms with Crippen LogP contribution < -0.4 is 0 Å². The van der Waals surface area contributed by atoms with Gasteiger partial charge in [-0.15, -0.1) is 0 Å². The number of hydrogen-bond acceptors (Lipinski definition) is 4. The molecule has 0 aliphatic heterocycles. The van der Waals surface area contributed by atoms with Crippen molar-refractivity contribution in [3.8, 4) is 0 Å². The highest BCUT2D eigenvalue weighted by molar-refractivity contribution is 5.66. The average Bonchev–Trinajstić information content (AvgIpc) is 2.76. The summed E-state index contributed by atoms with van der Waals surface area (Å²) >= 11 is 0. The fraction of sp³-hybridized carbons (Fsp3) is 0.357. The Labute approximate surface area is 111 Å². The van der Waals surface area contributed by atoms with Gasteiger partial charge in [0.2, 0.25) is 5.89 Å². The molecule has 1 unspecified atom stereocenters. The fourth-order valence-corrected chi connectivity index (χ4v) is 1.89. The minimum absolute atomic E-state index is 0.0116. The zero-order valence-corrected chi connectivity index (χ0v) is 10.7. The molecular weight excluding hydrogens is 244 g/mol. The Balaban J connectivity index is 1.94. The number of aromatic nitrogens is 2. The van der Waals surface area contributed by atoms with Gasteiger partial charge in [0, 0.05) is 19.3 Å². The van der Waals surface area contributed by atoms with Gasteiger partial charge in [0.1, 0.15) is 0 Å². The van der Waals surface area contributed by atoms with Crippen LogP contribution in [-0.4, -0.2) is 21.2 Å². The quantitative estimate of drug-likeness (QED) is 0.862. The lowest BCUT2D eigenvalue weighted by atomic mass is 10.0. The lowest BCUT2D eigenvalue weighted by molar-refractivity contribution is -0.137. The maximum absolute atomic E-state index is 10.6. The number of benzene rings is 1. The zero-order valence-electron chi connectivity index (χ0n) is 10.7. The molecule has 0 bridgehead atoms. The van der Waals surface area contributed by atoms with E-state index < -0.39 is 5.97 Å². The van der Waals surface area contributed by atoms with Crippen LogP contribution in [-0.2, 0) is 17.6 Å². The van der Waals surface area contributed by atoms with Crippen LogP contribution in [0.5, 0.6) is 0 Å². The molecule has 0 aliphatic rings. The standard InChI is InChI=1S/C14H16N2O3/c1-10(8-14(17)18)7-13-15-12(16-19-13)9-11-5-3-2-4-6-11/h2-6,10H,7-9H2,1H3,(H,17,18). The van der Waals surface area contributed by atoms with E-state index in [1.807, 2.05) is 37.3 Å². The van der Waals surface area contributed by atoms with Crippen molar-refractivity contribution in [1.29, 1.82) is 0 Å². The predicted molar refractivity (Wildman–Crippen MR) is 68.7 cm³/mol. The molecule has 0 radical (unpaired) electrons. The van der Waals surface area contributed by atoms with Crippen molar-refractivity contribution in [1.82, 2.24) is 10.1 Å². The van der Waals surface area contributed by atoms with Crippen molar-refractivity contribution >= 4 is 5.97 Å². The van der Waals surface area contributed by atoms with Crippen molar-refractivity contribution in [2.45, 2.75) is 26.2 Å². The minimum Gasteiger partial charge on any atom is -0.481 e. The molecular formula is C14H16N2O3. The number of aliphatic carboxylic acids is 1. The summed E-state index contributed by atoms with van der Waals surface area (Å²) in [6, 6.07) is 9.89. The molecule has 0 aliphatic carbocycles. The van der Waals surface area contributed by atoms with Gasteiger partial charge < -0.3 is 9.63 Å². The number of hydrogen-bond donors (Lipinski definition) is 1. The normalized spacial score (nSPS) is 12.3. The Hall–Kier alpha value is -2.17. The number of rotatable bonds is 6. The van der Waals surface area contributed by atoms with E-state index in [1.165, 1.54) is 0 Å². The number of carbonyl (C=O) groups is 1. The second kappa shape index (κ2) is 6.13. The molecule has 19 heavy (non-hydrogen) atoms. The third-order valence-corrected chi connectivity index (χ3v) is 2.76. The minimum atomic E-state index is -0.809. The van der Waals surface area contributed by atoms with Crippen molar-refractivity contribution in [2.24, 2.45) is 5.92 Å². The van der Waals surface area contributed by atoms with Gasteiger partial charge in [0.15, 0.2) is 5.82 Å². The summed E-state index contributed by atoms with van der Waals surface area (Å²) in [6.45, 7) is 1.86. The first-order valence-corrected chi connectivity index (χ1v) is 6.20. The van der Waals surface area contributed by atoms with E-state index in [2.05, 4.69) is 10.1 Å². The smallest absolute Gasteiger partial charge is 0.303 e. The van der Waals surface area contributed by atoms with Crippen molar-refractivity contribution < 1.29 is 14.4 Å². The van der Waals surface area contributed by atoms with Crippen molar-refractivity contribution in [2.75, 3.05) is 0 Å². The summed E-state index contributed by atoms with van der Waals surface area (Å²) in [6.07, 6.45) is 1.22. The molecule has 1 N–H and O–H groups in total. The first kappa shape index (κ1) is 13.3. The number of nitrogens with zero attached hydrogens (tertiary/aromatic N) is 2. The van der Waals surface area contributed by atoms with Gasteiger partial charge in [-0.3, -0.25) is 4.79 Å². The Kier molecular flexibility index (Phi) is 4.28. The third kappa shape index (κ3) is 4.21. The van der Waals surface area contributed by atoms with Crippen LogP contribution in [0.2, 0.25) is 0 Å². The van der Waals surface area contributed by atoms with Gasteiger partial charge >= 0.3 is 5.97 Å². The van der Waals surface area contributed by atoms with Gasteiger partial charge in [-0.05, 0) is 11.5 Å². The van der Waals surface area contributed by atoms with Crippen LogP contribution in [0.4, 0.5) is 0 Å². The SMILES string of the molecule is CC(CC(=O)O)Cc1nc(Cc2ccccc2)no1. The molecule has 0 spiro atoms. The molecule has 100 valence electrons. The summed E-state index contributed by atoms with van der Waals surface area (Å²) < 4.78 is 5.14. The summed E-state index contributed by atoms with van der Waals surface area (Å²) in [5.41, 5.74) is 1.12. The maximum atomic E-state index is 10.6. The molecule has 1 aromatic heterocycles. The molecule has 1 aromatic carbocycles. The van der Waals surface area contributed by atoms with Crippen LogP contribution >= 0.6 is 0 Å². The summed E-state index contributed by atoms with van der Waals surface area (Å²) in [4.78, 5) is 14.9. The lowest BCUT2D eigenvalue weighted by Gasteiger charge is -2.03. The molecule has 5 nitrogen and oxygen atoms in total. The highest BCUT2D eigenvalue weighted by Crippen LogP contribution is 2.12. The average molecular weight is 260 g/mol. The first-order valence-electron chi connectivity index (χ1n) is 6.20. The topological polar surface area (TPSA) is 76.2 Å². The predicted octanol–water partition coefficient (Wildman–Crippen LogP) is 2.31. The van der Waals surface area contributed by atoms with Gasteiger partial charge in [-0.25, -0.2) is 0 Å². The number of carboxylic acid groups (broad SMARTS) is 1. The lowest BCUT2D eigenvalue weighted by Crippen LogP contribution is -2.07. The van der Waals surface area contributed by atoms with Crippen LogP contribution in [0, 0.1) is 5.92 Å². The van der Waals surface area contributed by atoms with Crippen molar-refractivity contribution in [3.05, 3.63) is 47.6 Å². The molecule has 0 saturated carbocycles.